The number of hydrogen-bond donors (Lipinski definition) is 3. The lowest BCUT2D eigenvalue weighted by Gasteiger charge is -2.27. The highest BCUT2D eigenvalue weighted by Gasteiger charge is 2.13. The molecule has 21 heavy (non-hydrogen) atoms. The minimum atomic E-state index is -0.517. The SMILES string of the molecule is OCCNCC(O)CN(c1ccccc1)c1ccccc1. The molecule has 0 heterocycles. The van der Waals surface area contributed by atoms with Gasteiger partial charge < -0.3 is 20.4 Å². The summed E-state index contributed by atoms with van der Waals surface area (Å²) in [5.41, 5.74) is 2.09. The molecular formula is C17H22N2O2. The molecule has 2 aromatic rings. The van der Waals surface area contributed by atoms with Gasteiger partial charge in [-0.3, -0.25) is 0 Å². The van der Waals surface area contributed by atoms with E-state index in [-0.39, 0.29) is 6.61 Å². The van der Waals surface area contributed by atoms with Gasteiger partial charge >= 0.3 is 0 Å². The number of anilines is 2. The van der Waals surface area contributed by atoms with Crippen LogP contribution in [0.15, 0.2) is 60.7 Å². The van der Waals surface area contributed by atoms with Crippen LogP contribution in [0.3, 0.4) is 0 Å². The van der Waals surface area contributed by atoms with E-state index in [0.29, 0.717) is 19.6 Å². The highest BCUT2D eigenvalue weighted by atomic mass is 16.3. The number of aliphatic hydroxyl groups excluding tert-OH is 2. The Hall–Kier alpha value is -1.88. The maximum absolute atomic E-state index is 10.2. The van der Waals surface area contributed by atoms with Gasteiger partial charge in [-0.25, -0.2) is 0 Å². The third kappa shape index (κ3) is 4.86. The van der Waals surface area contributed by atoms with Crippen molar-refractivity contribution in [2.24, 2.45) is 0 Å². The van der Waals surface area contributed by atoms with Crippen LogP contribution in [-0.2, 0) is 0 Å². The quantitative estimate of drug-likeness (QED) is 0.647. The molecule has 0 radical (unpaired) electrons. The van der Waals surface area contributed by atoms with Crippen molar-refractivity contribution in [3.8, 4) is 0 Å². The first kappa shape index (κ1) is 15.5. The van der Waals surface area contributed by atoms with Crippen molar-refractivity contribution in [2.45, 2.75) is 6.10 Å². The summed E-state index contributed by atoms with van der Waals surface area (Å²) in [6, 6.07) is 20.0. The Bertz CT molecular complexity index is 465. The van der Waals surface area contributed by atoms with Crippen molar-refractivity contribution in [2.75, 3.05) is 31.1 Å². The van der Waals surface area contributed by atoms with Crippen molar-refractivity contribution in [1.29, 1.82) is 0 Å². The monoisotopic (exact) mass is 286 g/mol. The topological polar surface area (TPSA) is 55.7 Å². The van der Waals surface area contributed by atoms with Gasteiger partial charge in [0.1, 0.15) is 0 Å². The van der Waals surface area contributed by atoms with Crippen LogP contribution in [0.25, 0.3) is 0 Å². The van der Waals surface area contributed by atoms with Crippen molar-refractivity contribution in [1.82, 2.24) is 5.32 Å². The minimum absolute atomic E-state index is 0.0772. The van der Waals surface area contributed by atoms with Crippen molar-refractivity contribution in [3.05, 3.63) is 60.7 Å². The fourth-order valence-electron chi connectivity index (χ4n) is 2.20. The van der Waals surface area contributed by atoms with E-state index in [2.05, 4.69) is 10.2 Å². The molecule has 1 atom stereocenters. The smallest absolute Gasteiger partial charge is 0.0843 e. The van der Waals surface area contributed by atoms with Crippen molar-refractivity contribution in [3.63, 3.8) is 0 Å². The molecule has 0 saturated heterocycles. The molecule has 0 aliphatic rings. The number of benzene rings is 2. The Balaban J connectivity index is 2.10. The number of hydrogen-bond acceptors (Lipinski definition) is 4. The van der Waals surface area contributed by atoms with Gasteiger partial charge in [-0.15, -0.1) is 0 Å². The third-order valence-electron chi connectivity index (χ3n) is 3.20. The van der Waals surface area contributed by atoms with Crippen LogP contribution >= 0.6 is 0 Å². The van der Waals surface area contributed by atoms with E-state index in [1.165, 1.54) is 0 Å². The molecule has 0 aliphatic carbocycles. The summed E-state index contributed by atoms with van der Waals surface area (Å²) in [4.78, 5) is 2.09. The first-order valence-corrected chi connectivity index (χ1v) is 7.18. The Labute approximate surface area is 125 Å². The predicted octanol–water partition coefficient (Wildman–Crippen LogP) is 1.77. The zero-order chi connectivity index (χ0) is 14.9. The lowest BCUT2D eigenvalue weighted by atomic mass is 10.2. The Kier molecular flexibility index (Phi) is 6.22. The van der Waals surface area contributed by atoms with Gasteiger partial charge in [-0.2, -0.15) is 0 Å². The molecule has 1 unspecified atom stereocenters. The Morgan fingerprint density at radius 3 is 1.90 bits per heavy atom. The molecule has 4 heteroatoms. The van der Waals surface area contributed by atoms with E-state index in [1.807, 2.05) is 60.7 Å². The molecule has 0 saturated carbocycles. The molecule has 2 aromatic carbocycles. The van der Waals surface area contributed by atoms with Crippen LogP contribution in [0.2, 0.25) is 0 Å². The van der Waals surface area contributed by atoms with Gasteiger partial charge in [-0.1, -0.05) is 36.4 Å². The first-order valence-electron chi connectivity index (χ1n) is 7.18. The van der Waals surface area contributed by atoms with Crippen LogP contribution in [-0.4, -0.2) is 42.6 Å². The molecule has 0 spiro atoms. The summed E-state index contributed by atoms with van der Waals surface area (Å²) in [7, 11) is 0. The molecule has 2 rings (SSSR count). The fourth-order valence-corrected chi connectivity index (χ4v) is 2.20. The van der Waals surface area contributed by atoms with Crippen LogP contribution in [0.4, 0.5) is 11.4 Å². The van der Waals surface area contributed by atoms with E-state index in [4.69, 9.17) is 5.11 Å². The number of nitrogens with one attached hydrogen (secondary N) is 1. The lowest BCUT2D eigenvalue weighted by Crippen LogP contribution is -2.37. The summed E-state index contributed by atoms with van der Waals surface area (Å²) >= 11 is 0. The van der Waals surface area contributed by atoms with Gasteiger partial charge in [0.15, 0.2) is 0 Å². The van der Waals surface area contributed by atoms with E-state index < -0.39 is 6.10 Å². The molecule has 3 N–H and O–H groups in total. The van der Waals surface area contributed by atoms with E-state index >= 15 is 0 Å². The van der Waals surface area contributed by atoms with Gasteiger partial charge in [0.2, 0.25) is 0 Å². The van der Waals surface area contributed by atoms with Crippen molar-refractivity contribution < 1.29 is 10.2 Å². The molecule has 0 amide bonds. The second-order valence-electron chi connectivity index (χ2n) is 4.86. The summed E-state index contributed by atoms with van der Waals surface area (Å²) in [5, 5.41) is 22.0. The number of aliphatic hydroxyl groups is 2. The molecule has 4 nitrogen and oxygen atoms in total. The van der Waals surface area contributed by atoms with Crippen LogP contribution in [0.1, 0.15) is 0 Å². The van der Waals surface area contributed by atoms with E-state index in [1.54, 1.807) is 0 Å². The third-order valence-corrected chi connectivity index (χ3v) is 3.20. The van der Waals surface area contributed by atoms with Gasteiger partial charge in [0.25, 0.3) is 0 Å². The van der Waals surface area contributed by atoms with Gasteiger partial charge in [0.05, 0.1) is 19.3 Å². The fraction of sp³-hybridized carbons (Fsp3) is 0.294. The number of para-hydroxylation sites is 2. The van der Waals surface area contributed by atoms with Crippen LogP contribution in [0.5, 0.6) is 0 Å². The highest BCUT2D eigenvalue weighted by Crippen LogP contribution is 2.24. The number of rotatable bonds is 8. The van der Waals surface area contributed by atoms with E-state index in [9.17, 15) is 5.11 Å². The van der Waals surface area contributed by atoms with Crippen LogP contribution < -0.4 is 10.2 Å². The van der Waals surface area contributed by atoms with Gasteiger partial charge in [0, 0.05) is 24.5 Å². The summed E-state index contributed by atoms with van der Waals surface area (Å²) in [6.07, 6.45) is -0.517. The lowest BCUT2D eigenvalue weighted by molar-refractivity contribution is 0.175. The van der Waals surface area contributed by atoms with E-state index in [0.717, 1.165) is 11.4 Å². The first-order chi connectivity index (χ1) is 10.3. The summed E-state index contributed by atoms with van der Waals surface area (Å²) in [5.74, 6) is 0. The molecular weight excluding hydrogens is 264 g/mol. The minimum Gasteiger partial charge on any atom is -0.395 e. The average Bonchev–Trinajstić information content (AvgIpc) is 2.54. The van der Waals surface area contributed by atoms with Crippen LogP contribution in [0, 0.1) is 0 Å². The molecule has 0 aromatic heterocycles. The highest BCUT2D eigenvalue weighted by molar-refractivity contribution is 5.63. The average molecular weight is 286 g/mol. The largest absolute Gasteiger partial charge is 0.395 e. The summed E-state index contributed by atoms with van der Waals surface area (Å²) in [6.45, 7) is 1.52. The maximum Gasteiger partial charge on any atom is 0.0843 e. The second-order valence-corrected chi connectivity index (χ2v) is 4.86. The Morgan fingerprint density at radius 1 is 0.905 bits per heavy atom. The van der Waals surface area contributed by atoms with Gasteiger partial charge in [-0.05, 0) is 24.3 Å². The normalized spacial score (nSPS) is 12.1. The van der Waals surface area contributed by atoms with Crippen molar-refractivity contribution >= 4 is 11.4 Å². The second kappa shape index (κ2) is 8.42. The molecule has 0 aliphatic heterocycles. The zero-order valence-electron chi connectivity index (χ0n) is 12.0. The predicted molar refractivity (Wildman–Crippen MR) is 85.9 cm³/mol. The molecule has 0 fully saturated rings. The molecule has 0 bridgehead atoms. The summed E-state index contributed by atoms with van der Waals surface area (Å²) < 4.78 is 0. The zero-order valence-corrected chi connectivity index (χ0v) is 12.0. The number of nitrogens with zero attached hydrogens (tertiary/aromatic N) is 1. The standard InChI is InChI=1S/C17H22N2O2/c20-12-11-18-13-17(21)14-19(15-7-3-1-4-8-15)16-9-5-2-6-10-16/h1-10,17-18,20-21H,11-14H2. The molecule has 112 valence electrons. The maximum atomic E-state index is 10.2. The Morgan fingerprint density at radius 2 is 1.43 bits per heavy atom.